The summed E-state index contributed by atoms with van der Waals surface area (Å²) in [6, 6.07) is 2.02. The summed E-state index contributed by atoms with van der Waals surface area (Å²) in [6.45, 7) is 4.12. The Bertz CT molecular complexity index is 916. The van der Waals surface area contributed by atoms with Gasteiger partial charge in [-0.25, -0.2) is 19.7 Å². The number of hydrogen-bond donors (Lipinski definition) is 0. The lowest BCUT2D eigenvalue weighted by Gasteiger charge is -2.24. The van der Waals surface area contributed by atoms with Crippen molar-refractivity contribution in [1.82, 2.24) is 19.3 Å². The van der Waals surface area contributed by atoms with Gasteiger partial charge in [0.2, 0.25) is 0 Å². The third-order valence-corrected chi connectivity index (χ3v) is 6.25. The summed E-state index contributed by atoms with van der Waals surface area (Å²) in [5, 5.41) is 6.00. The summed E-state index contributed by atoms with van der Waals surface area (Å²) < 4.78 is 10.5. The number of aryl methyl sites for hydroxylation is 1. The van der Waals surface area contributed by atoms with Crippen molar-refractivity contribution in [2.75, 3.05) is 31.1 Å². The summed E-state index contributed by atoms with van der Waals surface area (Å²) >= 11 is 9.90. The van der Waals surface area contributed by atoms with Crippen LogP contribution in [0.3, 0.4) is 0 Å². The highest BCUT2D eigenvalue weighted by Crippen LogP contribution is 2.36. The van der Waals surface area contributed by atoms with Crippen LogP contribution in [0.1, 0.15) is 6.92 Å². The molecule has 26 heavy (non-hydrogen) atoms. The topological polar surface area (TPSA) is 44.9 Å². The molecule has 3 rings (SSSR count). The molecule has 3 heterocycles. The van der Waals surface area contributed by atoms with Crippen LogP contribution in [-0.4, -0.2) is 50.5 Å². The number of halogens is 2. The Hall–Kier alpha value is -1.02. The molecule has 0 fully saturated rings. The van der Waals surface area contributed by atoms with Crippen LogP contribution in [0.25, 0.3) is 22.0 Å². The lowest BCUT2D eigenvalue weighted by atomic mass is 10.1. The quantitative estimate of drug-likeness (QED) is 0.369. The first-order valence-electron chi connectivity index (χ1n) is 8.40. The average molecular weight is 460 g/mol. The van der Waals surface area contributed by atoms with E-state index in [1.165, 1.54) is 0 Å². The molecule has 0 aliphatic heterocycles. The molecular formula is C18H24BrClN4OS. The third-order valence-electron chi connectivity index (χ3n) is 4.15. The zero-order valence-corrected chi connectivity index (χ0v) is 18.7. The minimum Gasteiger partial charge on any atom is -0.358 e. The van der Waals surface area contributed by atoms with Crippen LogP contribution in [0, 0.1) is 0 Å². The van der Waals surface area contributed by atoms with Crippen LogP contribution in [0.5, 0.6) is 0 Å². The molecule has 3 aromatic heterocycles. The van der Waals surface area contributed by atoms with E-state index >= 15 is 0 Å². The van der Waals surface area contributed by atoms with Crippen LogP contribution in [0.15, 0.2) is 29.3 Å². The lowest BCUT2D eigenvalue weighted by molar-refractivity contribution is 0.0810. The molecule has 0 unspecified atom stereocenters. The molecule has 8 heteroatoms. The normalized spacial score (nSPS) is 12.8. The second-order valence-electron chi connectivity index (χ2n) is 7.06. The van der Waals surface area contributed by atoms with Gasteiger partial charge in [-0.05, 0) is 47.7 Å². The second kappa shape index (κ2) is 7.92. The molecule has 142 valence electrons. The van der Waals surface area contributed by atoms with Gasteiger partial charge < -0.3 is 9.30 Å². The fourth-order valence-corrected chi connectivity index (χ4v) is 3.95. The van der Waals surface area contributed by atoms with E-state index in [1.807, 2.05) is 18.5 Å². The first kappa shape index (κ1) is 19.7. The lowest BCUT2D eigenvalue weighted by Crippen LogP contribution is -2.10. The van der Waals surface area contributed by atoms with E-state index in [0.717, 1.165) is 45.5 Å². The smallest absolute Gasteiger partial charge is 0.159 e. The van der Waals surface area contributed by atoms with Crippen molar-refractivity contribution >= 4 is 48.5 Å². The predicted molar refractivity (Wildman–Crippen MR) is 116 cm³/mol. The van der Waals surface area contributed by atoms with Crippen LogP contribution in [0.2, 0.25) is 5.15 Å². The van der Waals surface area contributed by atoms with Gasteiger partial charge in [-0.3, -0.25) is 0 Å². The monoisotopic (exact) mass is 458 g/mol. The SMILES string of the molecule is CCn1cc(-c2cn(COCCS(C)(C)C)nc2Cl)c2cc(Br)ncc21. The van der Waals surface area contributed by atoms with Gasteiger partial charge in [0, 0.05) is 41.2 Å². The molecule has 0 saturated carbocycles. The van der Waals surface area contributed by atoms with E-state index in [0.29, 0.717) is 11.9 Å². The summed E-state index contributed by atoms with van der Waals surface area (Å²) in [5.74, 6) is 1.08. The molecule has 0 amide bonds. The highest BCUT2D eigenvalue weighted by Gasteiger charge is 2.16. The number of fused-ring (bicyclic) bond motifs is 1. The zero-order valence-electron chi connectivity index (χ0n) is 15.5. The van der Waals surface area contributed by atoms with E-state index in [9.17, 15) is 0 Å². The molecule has 0 radical (unpaired) electrons. The average Bonchev–Trinajstić information content (AvgIpc) is 3.10. The summed E-state index contributed by atoms with van der Waals surface area (Å²) in [7, 11) is -0.547. The standard InChI is InChI=1S/C18H24BrClN4OS/c1-5-23-10-14(13-8-17(19)21-9-16(13)23)15-11-24(22-18(15)20)12-25-6-7-26(2,3)4/h8-11H,5-7,12H2,1-4H3. The van der Waals surface area contributed by atoms with Crippen LogP contribution in [-0.2, 0) is 18.0 Å². The maximum atomic E-state index is 6.44. The highest BCUT2D eigenvalue weighted by molar-refractivity contribution is 9.10. The Morgan fingerprint density at radius 2 is 2.00 bits per heavy atom. The zero-order chi connectivity index (χ0) is 18.9. The highest BCUT2D eigenvalue weighted by atomic mass is 79.9. The van der Waals surface area contributed by atoms with Crippen LogP contribution in [0.4, 0.5) is 0 Å². The molecule has 0 saturated heterocycles. The molecule has 0 spiro atoms. The van der Waals surface area contributed by atoms with Gasteiger partial charge in [0.1, 0.15) is 11.3 Å². The second-order valence-corrected chi connectivity index (χ2v) is 12.8. The predicted octanol–water partition coefficient (Wildman–Crippen LogP) is 5.00. The first-order chi connectivity index (χ1) is 12.3. The third kappa shape index (κ3) is 4.44. The van der Waals surface area contributed by atoms with E-state index in [2.05, 4.69) is 62.5 Å². The van der Waals surface area contributed by atoms with Crippen molar-refractivity contribution in [3.05, 3.63) is 34.4 Å². The Balaban J connectivity index is 1.85. The Kier molecular flexibility index (Phi) is 6.01. The summed E-state index contributed by atoms with van der Waals surface area (Å²) in [4.78, 5) is 4.34. The van der Waals surface area contributed by atoms with Gasteiger partial charge in [-0.15, -0.1) is 0 Å². The molecule has 0 aliphatic carbocycles. The number of rotatable bonds is 7. The maximum absolute atomic E-state index is 6.44. The molecule has 0 aromatic carbocycles. The van der Waals surface area contributed by atoms with Gasteiger partial charge in [0.15, 0.2) is 5.15 Å². The molecule has 0 aliphatic rings. The molecule has 0 atom stereocenters. The molecule has 3 aromatic rings. The number of ether oxygens (including phenoxy) is 1. The molecule has 0 bridgehead atoms. The van der Waals surface area contributed by atoms with Crippen molar-refractivity contribution in [2.45, 2.75) is 20.2 Å². The Morgan fingerprint density at radius 3 is 2.69 bits per heavy atom. The van der Waals surface area contributed by atoms with E-state index in [-0.39, 0.29) is 0 Å². The van der Waals surface area contributed by atoms with Crippen molar-refractivity contribution in [3.63, 3.8) is 0 Å². The number of pyridine rings is 1. The van der Waals surface area contributed by atoms with E-state index in [1.54, 1.807) is 4.68 Å². The van der Waals surface area contributed by atoms with Gasteiger partial charge in [-0.2, -0.15) is 5.10 Å². The van der Waals surface area contributed by atoms with Gasteiger partial charge in [0.25, 0.3) is 0 Å². The van der Waals surface area contributed by atoms with E-state index in [4.69, 9.17) is 16.3 Å². The Labute approximate surface area is 169 Å². The molecule has 0 N–H and O–H groups in total. The van der Waals surface area contributed by atoms with E-state index < -0.39 is 10.0 Å². The first-order valence-corrected chi connectivity index (χ1v) is 12.6. The van der Waals surface area contributed by atoms with Gasteiger partial charge in [-0.1, -0.05) is 11.6 Å². The molecule has 5 nitrogen and oxygen atoms in total. The largest absolute Gasteiger partial charge is 0.358 e. The van der Waals surface area contributed by atoms with Gasteiger partial charge >= 0.3 is 0 Å². The fourth-order valence-electron chi connectivity index (χ4n) is 2.75. The minimum atomic E-state index is -0.547. The van der Waals surface area contributed by atoms with Crippen molar-refractivity contribution in [3.8, 4) is 11.1 Å². The number of nitrogens with zero attached hydrogens (tertiary/aromatic N) is 4. The van der Waals surface area contributed by atoms with Crippen LogP contribution >= 0.6 is 37.6 Å². The van der Waals surface area contributed by atoms with Crippen LogP contribution < -0.4 is 0 Å². The maximum Gasteiger partial charge on any atom is 0.159 e. The number of aromatic nitrogens is 4. The minimum absolute atomic E-state index is 0.410. The number of hydrogen-bond acceptors (Lipinski definition) is 3. The summed E-state index contributed by atoms with van der Waals surface area (Å²) in [5.41, 5.74) is 3.05. The van der Waals surface area contributed by atoms with Crippen molar-refractivity contribution in [2.24, 2.45) is 0 Å². The Morgan fingerprint density at radius 1 is 1.23 bits per heavy atom. The fraction of sp³-hybridized carbons (Fsp3) is 0.444. The summed E-state index contributed by atoms with van der Waals surface area (Å²) in [6.07, 6.45) is 12.8. The van der Waals surface area contributed by atoms with Crippen molar-refractivity contribution in [1.29, 1.82) is 0 Å². The van der Waals surface area contributed by atoms with Gasteiger partial charge in [0.05, 0.1) is 18.3 Å². The molecular weight excluding hydrogens is 436 g/mol. The van der Waals surface area contributed by atoms with Crippen molar-refractivity contribution < 1.29 is 4.74 Å².